The van der Waals surface area contributed by atoms with Crippen LogP contribution in [-0.4, -0.2) is 28.0 Å². The number of aromatic nitrogens is 2. The predicted molar refractivity (Wildman–Crippen MR) is 80.0 cm³/mol. The van der Waals surface area contributed by atoms with Gasteiger partial charge in [-0.2, -0.15) is 4.98 Å². The maximum absolute atomic E-state index is 11.0. The zero-order valence-electron chi connectivity index (χ0n) is 11.5. The average Bonchev–Trinajstić information content (AvgIpc) is 2.28. The molecule has 6 nitrogen and oxygen atoms in total. The van der Waals surface area contributed by atoms with E-state index in [4.69, 9.17) is 5.73 Å². The van der Waals surface area contributed by atoms with Crippen LogP contribution in [0.2, 0.25) is 0 Å². The van der Waals surface area contributed by atoms with Crippen LogP contribution in [0, 0.1) is 0 Å². The number of hydrogen-bond donors (Lipinski definition) is 3. The Morgan fingerprint density at radius 2 is 2.21 bits per heavy atom. The molecule has 0 aromatic carbocycles. The first-order valence-electron chi connectivity index (χ1n) is 6.17. The highest BCUT2D eigenvalue weighted by atomic mass is 79.9. The van der Waals surface area contributed by atoms with Gasteiger partial charge in [-0.25, -0.2) is 4.98 Å². The summed E-state index contributed by atoms with van der Waals surface area (Å²) in [6, 6.07) is 0. The molecule has 0 spiro atoms. The Kier molecular flexibility index (Phi) is 5.53. The number of anilines is 2. The van der Waals surface area contributed by atoms with E-state index in [9.17, 15) is 4.79 Å². The molecule has 4 N–H and O–H groups in total. The van der Waals surface area contributed by atoms with Crippen LogP contribution in [0.3, 0.4) is 0 Å². The molecular weight excluding hydrogens is 310 g/mol. The van der Waals surface area contributed by atoms with Crippen LogP contribution in [0.5, 0.6) is 0 Å². The molecule has 0 fully saturated rings. The molecule has 1 rings (SSSR count). The van der Waals surface area contributed by atoms with Gasteiger partial charge in [0.2, 0.25) is 11.9 Å². The number of carbonyl (C=O) groups excluding carboxylic acids is 1. The molecule has 106 valence electrons. The average molecular weight is 330 g/mol. The molecule has 1 heterocycles. The minimum atomic E-state index is -0.468. The predicted octanol–water partition coefficient (Wildman–Crippen LogP) is 2.13. The fourth-order valence-corrected chi connectivity index (χ4v) is 1.87. The lowest BCUT2D eigenvalue weighted by Crippen LogP contribution is -2.36. The van der Waals surface area contributed by atoms with Crippen molar-refractivity contribution in [2.24, 2.45) is 5.73 Å². The molecule has 0 unspecified atom stereocenters. The number of nitrogens with one attached hydrogen (secondary N) is 2. The highest BCUT2D eigenvalue weighted by Crippen LogP contribution is 2.24. The lowest BCUT2D eigenvalue weighted by atomic mass is 10.0. The fraction of sp³-hybridized carbons (Fsp3) is 0.583. The van der Waals surface area contributed by atoms with E-state index in [-0.39, 0.29) is 12.3 Å². The van der Waals surface area contributed by atoms with E-state index >= 15 is 0 Å². The first-order valence-corrected chi connectivity index (χ1v) is 6.96. The second kappa shape index (κ2) is 6.70. The summed E-state index contributed by atoms with van der Waals surface area (Å²) in [4.78, 5) is 19.6. The molecule has 0 aliphatic rings. The topological polar surface area (TPSA) is 92.9 Å². The SMILES string of the molecule is CCCNc1ncc(Br)c(NC(C)(C)CC(N)=O)n1. The van der Waals surface area contributed by atoms with Crippen LogP contribution >= 0.6 is 15.9 Å². The number of hydrogen-bond acceptors (Lipinski definition) is 5. The Labute approximate surface area is 121 Å². The number of nitrogens with zero attached hydrogens (tertiary/aromatic N) is 2. The van der Waals surface area contributed by atoms with Crippen molar-refractivity contribution in [2.75, 3.05) is 17.2 Å². The van der Waals surface area contributed by atoms with E-state index in [0.29, 0.717) is 11.8 Å². The summed E-state index contributed by atoms with van der Waals surface area (Å²) < 4.78 is 0.743. The first kappa shape index (κ1) is 15.7. The van der Waals surface area contributed by atoms with Crippen molar-refractivity contribution in [3.63, 3.8) is 0 Å². The number of primary amides is 1. The number of halogens is 1. The molecule has 1 amide bonds. The Morgan fingerprint density at radius 3 is 2.79 bits per heavy atom. The minimum absolute atomic E-state index is 0.223. The third-order valence-corrected chi connectivity index (χ3v) is 2.93. The Balaban J connectivity index is 2.84. The van der Waals surface area contributed by atoms with E-state index in [1.807, 2.05) is 13.8 Å². The molecule has 0 radical (unpaired) electrons. The molecule has 0 saturated heterocycles. The molecule has 0 aliphatic heterocycles. The summed E-state index contributed by atoms with van der Waals surface area (Å²) in [5.74, 6) is 0.842. The van der Waals surface area contributed by atoms with Gasteiger partial charge in [-0.15, -0.1) is 0 Å². The minimum Gasteiger partial charge on any atom is -0.370 e. The van der Waals surface area contributed by atoms with Crippen molar-refractivity contribution in [2.45, 2.75) is 39.2 Å². The van der Waals surface area contributed by atoms with E-state index in [1.165, 1.54) is 0 Å². The highest BCUT2D eigenvalue weighted by Gasteiger charge is 2.22. The Morgan fingerprint density at radius 1 is 1.53 bits per heavy atom. The second-order valence-corrected chi connectivity index (χ2v) is 5.82. The number of carbonyl (C=O) groups is 1. The van der Waals surface area contributed by atoms with Gasteiger partial charge >= 0.3 is 0 Å². The summed E-state index contributed by atoms with van der Waals surface area (Å²) in [6.07, 6.45) is 2.89. The standard InChI is InChI=1S/C12H20BrN5O/c1-4-5-15-11-16-7-8(13)10(17-11)18-12(2,3)6-9(14)19/h7H,4-6H2,1-3H3,(H2,14,19)(H2,15,16,17,18). The molecule has 0 bridgehead atoms. The molecule has 1 aromatic rings. The molecule has 0 aliphatic carbocycles. The largest absolute Gasteiger partial charge is 0.370 e. The quantitative estimate of drug-likeness (QED) is 0.712. The van der Waals surface area contributed by atoms with Gasteiger partial charge in [0.1, 0.15) is 5.82 Å². The van der Waals surface area contributed by atoms with Crippen molar-refractivity contribution in [1.29, 1.82) is 0 Å². The van der Waals surface area contributed by atoms with E-state index in [0.717, 1.165) is 17.4 Å². The van der Waals surface area contributed by atoms with Crippen LogP contribution in [0.4, 0.5) is 11.8 Å². The van der Waals surface area contributed by atoms with Gasteiger partial charge in [-0.1, -0.05) is 6.92 Å². The van der Waals surface area contributed by atoms with Gasteiger partial charge in [-0.3, -0.25) is 4.79 Å². The van der Waals surface area contributed by atoms with Gasteiger partial charge in [-0.05, 0) is 36.2 Å². The highest BCUT2D eigenvalue weighted by molar-refractivity contribution is 9.10. The summed E-state index contributed by atoms with van der Waals surface area (Å²) in [5, 5.41) is 6.31. The van der Waals surface area contributed by atoms with Crippen molar-refractivity contribution >= 4 is 33.6 Å². The van der Waals surface area contributed by atoms with E-state index in [1.54, 1.807) is 6.20 Å². The van der Waals surface area contributed by atoms with E-state index in [2.05, 4.69) is 43.5 Å². The van der Waals surface area contributed by atoms with Gasteiger partial charge in [0.05, 0.1) is 4.47 Å². The monoisotopic (exact) mass is 329 g/mol. The smallest absolute Gasteiger partial charge is 0.224 e. The van der Waals surface area contributed by atoms with Gasteiger partial charge in [0.15, 0.2) is 0 Å². The van der Waals surface area contributed by atoms with Crippen LogP contribution in [-0.2, 0) is 4.79 Å². The lowest BCUT2D eigenvalue weighted by Gasteiger charge is -2.26. The normalized spacial score (nSPS) is 11.2. The van der Waals surface area contributed by atoms with Crippen LogP contribution in [0.1, 0.15) is 33.6 Å². The zero-order valence-corrected chi connectivity index (χ0v) is 13.0. The van der Waals surface area contributed by atoms with Crippen LogP contribution < -0.4 is 16.4 Å². The second-order valence-electron chi connectivity index (χ2n) is 4.97. The van der Waals surface area contributed by atoms with E-state index < -0.39 is 5.54 Å². The molecule has 1 aromatic heterocycles. The lowest BCUT2D eigenvalue weighted by molar-refractivity contribution is -0.118. The first-order chi connectivity index (χ1) is 8.84. The summed E-state index contributed by atoms with van der Waals surface area (Å²) in [6.45, 7) is 6.67. The number of rotatable bonds is 7. The van der Waals surface area contributed by atoms with Gasteiger partial charge in [0.25, 0.3) is 0 Å². The van der Waals surface area contributed by atoms with Gasteiger partial charge in [0, 0.05) is 24.7 Å². The molecule has 7 heteroatoms. The molecule has 0 saturated carbocycles. The number of amides is 1. The third kappa shape index (κ3) is 5.42. The third-order valence-electron chi connectivity index (χ3n) is 2.35. The summed E-state index contributed by atoms with van der Waals surface area (Å²) in [7, 11) is 0. The number of nitrogens with two attached hydrogens (primary N) is 1. The Hall–Kier alpha value is -1.37. The van der Waals surface area contributed by atoms with Crippen molar-refractivity contribution < 1.29 is 4.79 Å². The van der Waals surface area contributed by atoms with Crippen molar-refractivity contribution in [1.82, 2.24) is 9.97 Å². The zero-order chi connectivity index (χ0) is 14.5. The summed E-state index contributed by atoms with van der Waals surface area (Å²) in [5.41, 5.74) is 4.76. The molecular formula is C12H20BrN5O. The van der Waals surface area contributed by atoms with Crippen molar-refractivity contribution in [3.05, 3.63) is 10.7 Å². The molecule has 0 atom stereocenters. The van der Waals surface area contributed by atoms with Crippen molar-refractivity contribution in [3.8, 4) is 0 Å². The van der Waals surface area contributed by atoms with Crippen LogP contribution in [0.15, 0.2) is 10.7 Å². The van der Waals surface area contributed by atoms with Gasteiger partial charge < -0.3 is 16.4 Å². The van der Waals surface area contributed by atoms with Crippen LogP contribution in [0.25, 0.3) is 0 Å². The molecule has 19 heavy (non-hydrogen) atoms. The fourth-order valence-electron chi connectivity index (χ4n) is 1.58. The maximum Gasteiger partial charge on any atom is 0.224 e. The maximum atomic E-state index is 11.0. The Bertz CT molecular complexity index is 450. The summed E-state index contributed by atoms with van der Waals surface area (Å²) >= 11 is 3.39.